The molecular formula is C36H32F18N4O10S2. The minimum absolute atomic E-state index is 0.105. The van der Waals surface area contributed by atoms with Crippen LogP contribution in [-0.4, -0.2) is 171 Å². The van der Waals surface area contributed by atoms with E-state index in [4.69, 9.17) is 9.47 Å². The molecule has 2 amide bonds. The summed E-state index contributed by atoms with van der Waals surface area (Å²) in [5, 5.41) is -13.9. The molecular weight excluding hydrogens is 1050 g/mol. The number of benzene rings is 2. The summed E-state index contributed by atoms with van der Waals surface area (Å²) in [4.78, 5) is 52.3. The van der Waals surface area contributed by atoms with Gasteiger partial charge in [-0.15, -0.1) is 0 Å². The van der Waals surface area contributed by atoms with Crippen LogP contribution in [0, 0.1) is 0 Å². The van der Waals surface area contributed by atoms with Gasteiger partial charge in [-0.1, -0.05) is 0 Å². The Morgan fingerprint density at radius 3 is 0.886 bits per heavy atom. The Balaban J connectivity index is 1.19. The molecule has 0 aromatic heterocycles. The van der Waals surface area contributed by atoms with Crippen molar-refractivity contribution in [3.8, 4) is 0 Å². The second-order valence-corrected chi connectivity index (χ2v) is 18.8. The summed E-state index contributed by atoms with van der Waals surface area (Å²) in [6.07, 6.45) is -14.3. The highest BCUT2D eigenvalue weighted by Gasteiger charge is 2.87. The maximum absolute atomic E-state index is 14.2. The molecule has 2 heterocycles. The zero-order chi connectivity index (χ0) is 53.5. The Morgan fingerprint density at radius 2 is 0.643 bits per heavy atom. The summed E-state index contributed by atoms with van der Waals surface area (Å²) in [6, 6.07) is 8.63. The van der Waals surface area contributed by atoms with Crippen molar-refractivity contribution in [2.45, 2.75) is 59.4 Å². The fourth-order valence-electron chi connectivity index (χ4n) is 6.20. The Morgan fingerprint density at radius 1 is 0.400 bits per heavy atom. The predicted molar refractivity (Wildman–Crippen MR) is 197 cm³/mol. The van der Waals surface area contributed by atoms with Crippen LogP contribution in [0.2, 0.25) is 0 Å². The van der Waals surface area contributed by atoms with E-state index >= 15 is 0 Å². The molecule has 34 heteroatoms. The normalized spacial score (nSPS) is 17.1. The highest BCUT2D eigenvalue weighted by Crippen LogP contribution is 2.56. The van der Waals surface area contributed by atoms with Gasteiger partial charge < -0.3 is 19.3 Å². The van der Waals surface area contributed by atoms with E-state index in [2.05, 4.69) is 0 Å². The molecule has 0 unspecified atom stereocenters. The third-order valence-electron chi connectivity index (χ3n) is 10.4. The zero-order valence-corrected chi connectivity index (χ0v) is 36.2. The van der Waals surface area contributed by atoms with Gasteiger partial charge in [0, 0.05) is 63.5 Å². The highest BCUT2D eigenvalue weighted by molar-refractivity contribution is 7.90. The number of hydrogen-bond donors (Lipinski definition) is 0. The van der Waals surface area contributed by atoms with Crippen LogP contribution >= 0.6 is 0 Å². The molecule has 14 nitrogen and oxygen atoms in total. The average Bonchev–Trinajstić information content (AvgIpc) is 3.28. The summed E-state index contributed by atoms with van der Waals surface area (Å²) < 4.78 is 298. The number of amides is 2. The number of halogens is 18. The lowest BCUT2D eigenvalue weighted by Gasteiger charge is -2.38. The maximum Gasteiger partial charge on any atom is 0.460 e. The lowest BCUT2D eigenvalue weighted by atomic mass is 10.1. The van der Waals surface area contributed by atoms with Crippen LogP contribution in [0.5, 0.6) is 0 Å². The summed E-state index contributed by atoms with van der Waals surface area (Å²) >= 11 is 0. The van der Waals surface area contributed by atoms with E-state index < -0.39 is 151 Å². The fourth-order valence-corrected chi connectivity index (χ4v) is 9.04. The van der Waals surface area contributed by atoms with Crippen molar-refractivity contribution >= 4 is 43.8 Å². The number of carbonyl (C=O) groups is 4. The lowest BCUT2D eigenvalue weighted by molar-refractivity contribution is -0.382. The Bertz CT molecular complexity index is 2310. The number of esters is 2. The molecule has 2 aliphatic rings. The maximum atomic E-state index is 14.2. The second kappa shape index (κ2) is 19.8. The summed E-state index contributed by atoms with van der Waals surface area (Å²) in [5.41, 5.74) is -0.635. The van der Waals surface area contributed by atoms with Gasteiger partial charge in [0.05, 0.1) is 24.3 Å². The third-order valence-corrected chi connectivity index (χ3v) is 14.2. The van der Waals surface area contributed by atoms with Crippen LogP contribution in [0.3, 0.4) is 0 Å². The quantitative estimate of drug-likeness (QED) is 0.0969. The lowest BCUT2D eigenvalue weighted by Crippen LogP contribution is -2.66. The van der Waals surface area contributed by atoms with E-state index in [9.17, 15) is 115 Å². The van der Waals surface area contributed by atoms with Gasteiger partial charge >= 0.3 is 58.5 Å². The molecule has 2 fully saturated rings. The monoisotopic (exact) mass is 1090 g/mol. The van der Waals surface area contributed by atoms with E-state index in [-0.39, 0.29) is 48.3 Å². The van der Waals surface area contributed by atoms with Gasteiger partial charge in [0.15, 0.2) is 0 Å². The molecule has 0 N–H and O–H groups in total. The number of unbranched alkanes of at least 4 members (excludes halogenated alkanes) is 1. The van der Waals surface area contributed by atoms with Gasteiger partial charge in [0.1, 0.15) is 0 Å². The largest absolute Gasteiger partial charge is 0.462 e. The van der Waals surface area contributed by atoms with Gasteiger partial charge in [-0.05, 0) is 61.4 Å². The van der Waals surface area contributed by atoms with Crippen molar-refractivity contribution in [1.29, 1.82) is 0 Å². The minimum atomic E-state index is -7.46. The van der Waals surface area contributed by atoms with E-state index in [0.29, 0.717) is 0 Å². The number of rotatable bonds is 17. The molecule has 2 saturated heterocycles. The molecule has 0 radical (unpaired) electrons. The number of ether oxygens (including phenoxy) is 2. The molecule has 0 spiro atoms. The molecule has 0 atom stereocenters. The van der Waals surface area contributed by atoms with Crippen molar-refractivity contribution in [2.24, 2.45) is 0 Å². The first-order chi connectivity index (χ1) is 31.7. The molecule has 4 rings (SSSR count). The fraction of sp³-hybridized carbons (Fsp3) is 0.556. The number of piperazine rings is 2. The first kappa shape index (κ1) is 57.5. The summed E-state index contributed by atoms with van der Waals surface area (Å²) in [7, 11) is -13.7. The van der Waals surface area contributed by atoms with Gasteiger partial charge in [0.25, 0.3) is 31.9 Å². The smallest absolute Gasteiger partial charge is 0.460 e. The highest BCUT2D eigenvalue weighted by atomic mass is 32.2. The SMILES string of the molecule is O=C(OCCCCOC(=O)c1ccc(C(=O)N2CCN(S(=O)(=O)C(F)(F)C(F)(F)C(F)(F)C(F)(F)F)CC2)cc1)c1ccc(C(=O)N2CCN(S(=O)(=O)C(F)(F)C(F)(F)C(F)(F)C(F)(F)F)CC2)cc1. The number of sulfonamides is 2. The number of hydrogen-bond acceptors (Lipinski definition) is 10. The predicted octanol–water partition coefficient (Wildman–Crippen LogP) is 6.51. The van der Waals surface area contributed by atoms with Crippen molar-refractivity contribution in [3.63, 3.8) is 0 Å². The number of carbonyl (C=O) groups excluding carboxylic acids is 4. The van der Waals surface area contributed by atoms with Gasteiger partial charge in [0.2, 0.25) is 0 Å². The molecule has 0 aliphatic carbocycles. The van der Waals surface area contributed by atoms with Gasteiger partial charge in [-0.25, -0.2) is 26.4 Å². The minimum Gasteiger partial charge on any atom is -0.462 e. The number of alkyl halides is 18. The topological polar surface area (TPSA) is 168 Å². The van der Waals surface area contributed by atoms with Gasteiger partial charge in [-0.3, -0.25) is 9.59 Å². The van der Waals surface area contributed by atoms with Crippen molar-refractivity contribution in [1.82, 2.24) is 18.4 Å². The Labute approximate surface area is 382 Å². The van der Waals surface area contributed by atoms with Crippen molar-refractivity contribution in [2.75, 3.05) is 65.6 Å². The first-order valence-electron chi connectivity index (χ1n) is 19.3. The standard InChI is InChI=1S/C36H32F18N4O10S2/c37-29(38,33(45,46)47)31(41,42)35(51,52)69(63,64)57-15-11-55(12-16-57)25(59)21-3-7-23(8-4-21)27(61)67-19-1-2-20-68-28(62)24-9-5-22(6-10-24)26(60)56-13-17-58(18-14-56)70(65,66)36(53,54)32(43,44)30(39,40)34(48,49)50/h3-10H,1-2,11-20H2. The number of nitrogens with zero attached hydrogens (tertiary/aromatic N) is 4. The van der Waals surface area contributed by atoms with Crippen LogP contribution in [0.15, 0.2) is 48.5 Å². The molecule has 394 valence electrons. The van der Waals surface area contributed by atoms with Gasteiger partial charge in [-0.2, -0.15) is 87.6 Å². The van der Waals surface area contributed by atoms with E-state index in [1.54, 1.807) is 0 Å². The van der Waals surface area contributed by atoms with E-state index in [0.717, 1.165) is 58.3 Å². The van der Waals surface area contributed by atoms with E-state index in [1.807, 2.05) is 0 Å². The zero-order valence-electron chi connectivity index (χ0n) is 34.6. The van der Waals surface area contributed by atoms with Crippen LogP contribution in [0.4, 0.5) is 79.0 Å². The molecule has 2 aromatic carbocycles. The first-order valence-corrected chi connectivity index (χ1v) is 22.1. The van der Waals surface area contributed by atoms with Crippen molar-refractivity contribution < 1.29 is 125 Å². The molecule has 2 aliphatic heterocycles. The molecule has 0 bridgehead atoms. The second-order valence-electron chi connectivity index (χ2n) is 14.9. The average molecular weight is 1090 g/mol. The van der Waals surface area contributed by atoms with Crippen LogP contribution in [0.1, 0.15) is 54.3 Å². The molecule has 0 saturated carbocycles. The Hall–Kier alpha value is -5.12. The molecule has 70 heavy (non-hydrogen) atoms. The van der Waals surface area contributed by atoms with Crippen LogP contribution < -0.4 is 0 Å². The Kier molecular flexibility index (Phi) is 16.3. The third kappa shape index (κ3) is 10.4. The summed E-state index contributed by atoms with van der Waals surface area (Å²) in [5.74, 6) is -33.5. The van der Waals surface area contributed by atoms with Crippen LogP contribution in [-0.2, 0) is 29.5 Å². The molecule has 2 aromatic rings. The summed E-state index contributed by atoms with van der Waals surface area (Å²) in [6.45, 7) is -8.57. The van der Waals surface area contributed by atoms with Crippen LogP contribution in [0.25, 0.3) is 0 Å². The van der Waals surface area contributed by atoms with Crippen molar-refractivity contribution in [3.05, 3.63) is 70.8 Å². The van der Waals surface area contributed by atoms with E-state index in [1.165, 1.54) is 0 Å².